The summed E-state index contributed by atoms with van der Waals surface area (Å²) in [6, 6.07) is 11.6. The molecule has 2 aliphatic heterocycles. The summed E-state index contributed by atoms with van der Waals surface area (Å²) in [6.45, 7) is 2.66. The Balaban J connectivity index is 1.39. The Kier molecular flexibility index (Phi) is 4.60. The molecule has 0 bridgehead atoms. The summed E-state index contributed by atoms with van der Waals surface area (Å²) in [5.74, 6) is -0.666. The Morgan fingerprint density at radius 1 is 1.11 bits per heavy atom. The molecule has 4 rings (SSSR count). The van der Waals surface area contributed by atoms with Crippen molar-refractivity contribution in [2.75, 3.05) is 18.2 Å². The van der Waals surface area contributed by atoms with Gasteiger partial charge in [-0.2, -0.15) is 0 Å². The van der Waals surface area contributed by atoms with E-state index in [9.17, 15) is 14.4 Å². The third kappa shape index (κ3) is 3.13. The van der Waals surface area contributed by atoms with Gasteiger partial charge in [-0.15, -0.1) is 0 Å². The molecule has 28 heavy (non-hydrogen) atoms. The molecule has 0 aliphatic carbocycles. The molecule has 0 fully saturated rings. The average Bonchev–Trinajstić information content (AvgIpc) is 3.28. The highest BCUT2D eigenvalue weighted by Gasteiger charge is 2.38. The number of hydrogen-bond donors (Lipinski definition) is 2. The van der Waals surface area contributed by atoms with Gasteiger partial charge in [-0.3, -0.25) is 14.4 Å². The van der Waals surface area contributed by atoms with Crippen molar-refractivity contribution in [1.29, 1.82) is 0 Å². The molecule has 2 N–H and O–H groups in total. The molecular formula is C20H19N3O5. The van der Waals surface area contributed by atoms with Gasteiger partial charge in [-0.25, -0.2) is 0 Å². The Labute approximate surface area is 161 Å². The zero-order chi connectivity index (χ0) is 19.7. The molecule has 2 heterocycles. The molecule has 0 unspecified atom stereocenters. The van der Waals surface area contributed by atoms with Gasteiger partial charge in [-0.05, 0) is 30.7 Å². The van der Waals surface area contributed by atoms with Crippen molar-refractivity contribution in [2.45, 2.75) is 19.5 Å². The van der Waals surface area contributed by atoms with E-state index in [-0.39, 0.29) is 19.2 Å². The highest BCUT2D eigenvalue weighted by atomic mass is 16.7. The maximum atomic E-state index is 12.6. The molecule has 144 valence electrons. The number of fused-ring (bicyclic) bond motifs is 2. The van der Waals surface area contributed by atoms with Crippen molar-refractivity contribution in [3.63, 3.8) is 0 Å². The summed E-state index contributed by atoms with van der Waals surface area (Å²) in [5, 5.41) is 5.10. The Bertz CT molecular complexity index is 959. The number of carbonyl (C=O) groups excluding carboxylic acids is 3. The molecule has 0 aromatic heterocycles. The van der Waals surface area contributed by atoms with Crippen LogP contribution < -0.4 is 25.0 Å². The molecule has 2 aliphatic rings. The van der Waals surface area contributed by atoms with Crippen molar-refractivity contribution < 1.29 is 23.9 Å². The highest BCUT2D eigenvalue weighted by molar-refractivity contribution is 6.35. The van der Waals surface area contributed by atoms with Crippen LogP contribution in [0.15, 0.2) is 42.5 Å². The summed E-state index contributed by atoms with van der Waals surface area (Å²) in [7, 11) is 0. The smallest absolute Gasteiger partial charge is 0.310 e. The van der Waals surface area contributed by atoms with Gasteiger partial charge in [-0.1, -0.05) is 24.3 Å². The van der Waals surface area contributed by atoms with Crippen molar-refractivity contribution in [1.82, 2.24) is 10.6 Å². The normalized spacial score (nSPS) is 16.7. The molecule has 0 saturated carbocycles. The SMILES string of the molecule is CCN1C(=O)[C@@H](NC(=O)C(=O)NCc2ccc3c(c2)OCO3)c2ccccc21. The Morgan fingerprint density at radius 2 is 1.89 bits per heavy atom. The fourth-order valence-electron chi connectivity index (χ4n) is 3.36. The van der Waals surface area contributed by atoms with Crippen LogP contribution in [0.3, 0.4) is 0 Å². The van der Waals surface area contributed by atoms with Gasteiger partial charge in [0.05, 0.1) is 0 Å². The number of para-hydroxylation sites is 1. The van der Waals surface area contributed by atoms with Gasteiger partial charge in [0.15, 0.2) is 11.5 Å². The molecule has 0 spiro atoms. The third-order valence-electron chi connectivity index (χ3n) is 4.74. The first-order chi connectivity index (χ1) is 13.6. The maximum Gasteiger partial charge on any atom is 0.310 e. The summed E-state index contributed by atoms with van der Waals surface area (Å²) in [5.41, 5.74) is 2.21. The standard InChI is InChI=1S/C20H19N3O5/c1-2-23-14-6-4-3-5-13(14)17(20(23)26)22-19(25)18(24)21-10-12-7-8-15-16(9-12)28-11-27-15/h3-9,17H,2,10-11H2,1H3,(H,21,24)(H,22,25)/t17-/m0/s1. The second-order valence-corrected chi connectivity index (χ2v) is 6.42. The van der Waals surface area contributed by atoms with Crippen molar-refractivity contribution in [3.05, 3.63) is 53.6 Å². The molecular weight excluding hydrogens is 362 g/mol. The maximum absolute atomic E-state index is 12.6. The number of anilines is 1. The summed E-state index contributed by atoms with van der Waals surface area (Å²) < 4.78 is 10.5. The van der Waals surface area contributed by atoms with E-state index < -0.39 is 17.9 Å². The van der Waals surface area contributed by atoms with E-state index in [1.54, 1.807) is 35.2 Å². The van der Waals surface area contributed by atoms with Gasteiger partial charge in [0.2, 0.25) is 6.79 Å². The zero-order valence-corrected chi connectivity index (χ0v) is 15.2. The number of nitrogens with one attached hydrogen (secondary N) is 2. The minimum atomic E-state index is -0.861. The van der Waals surface area contributed by atoms with Crippen LogP contribution in [0, 0.1) is 0 Å². The van der Waals surface area contributed by atoms with E-state index >= 15 is 0 Å². The second-order valence-electron chi connectivity index (χ2n) is 6.42. The Hall–Kier alpha value is -3.55. The van der Waals surface area contributed by atoms with Gasteiger partial charge in [0.25, 0.3) is 5.91 Å². The molecule has 8 heteroatoms. The van der Waals surface area contributed by atoms with E-state index in [1.165, 1.54) is 0 Å². The van der Waals surface area contributed by atoms with Gasteiger partial charge in [0.1, 0.15) is 6.04 Å². The average molecular weight is 381 g/mol. The van der Waals surface area contributed by atoms with Crippen LogP contribution in [0.2, 0.25) is 0 Å². The van der Waals surface area contributed by atoms with Crippen LogP contribution >= 0.6 is 0 Å². The topological polar surface area (TPSA) is 97.0 Å². The summed E-state index contributed by atoms with van der Waals surface area (Å²) in [4.78, 5) is 38.7. The lowest BCUT2D eigenvalue weighted by Gasteiger charge is -2.15. The molecule has 2 aromatic rings. The number of rotatable bonds is 4. The van der Waals surface area contributed by atoms with Crippen molar-refractivity contribution in [2.24, 2.45) is 0 Å². The van der Waals surface area contributed by atoms with E-state index in [1.807, 2.05) is 19.1 Å². The van der Waals surface area contributed by atoms with Crippen molar-refractivity contribution >= 4 is 23.4 Å². The monoisotopic (exact) mass is 381 g/mol. The number of likely N-dealkylation sites (N-methyl/N-ethyl adjacent to an activating group) is 1. The number of nitrogens with zero attached hydrogens (tertiary/aromatic N) is 1. The third-order valence-corrected chi connectivity index (χ3v) is 4.74. The number of benzene rings is 2. The van der Waals surface area contributed by atoms with E-state index in [4.69, 9.17) is 9.47 Å². The second kappa shape index (κ2) is 7.22. The number of amides is 3. The molecule has 2 aromatic carbocycles. The molecule has 8 nitrogen and oxygen atoms in total. The number of ether oxygens (including phenoxy) is 2. The molecule has 1 atom stereocenters. The lowest BCUT2D eigenvalue weighted by molar-refractivity contribution is -0.140. The van der Waals surface area contributed by atoms with Crippen LogP contribution in [0.1, 0.15) is 24.1 Å². The molecule has 3 amide bonds. The van der Waals surface area contributed by atoms with Crippen LogP contribution in [-0.4, -0.2) is 31.1 Å². The van der Waals surface area contributed by atoms with Gasteiger partial charge >= 0.3 is 11.8 Å². The van der Waals surface area contributed by atoms with Gasteiger partial charge < -0.3 is 25.0 Å². The predicted molar refractivity (Wildman–Crippen MR) is 99.8 cm³/mol. The van der Waals surface area contributed by atoms with Gasteiger partial charge in [0, 0.05) is 24.3 Å². The minimum absolute atomic E-state index is 0.152. The lowest BCUT2D eigenvalue weighted by atomic mass is 10.1. The van der Waals surface area contributed by atoms with Crippen LogP contribution in [0.5, 0.6) is 11.5 Å². The largest absolute Gasteiger partial charge is 0.454 e. The summed E-state index contributed by atoms with van der Waals surface area (Å²) in [6.07, 6.45) is 0. The van der Waals surface area contributed by atoms with E-state index in [0.29, 0.717) is 23.6 Å². The fourth-order valence-corrected chi connectivity index (χ4v) is 3.36. The minimum Gasteiger partial charge on any atom is -0.454 e. The van der Waals surface area contributed by atoms with Crippen LogP contribution in [-0.2, 0) is 20.9 Å². The quantitative estimate of drug-likeness (QED) is 0.777. The molecule has 0 radical (unpaired) electrons. The van der Waals surface area contributed by atoms with Crippen molar-refractivity contribution in [3.8, 4) is 11.5 Å². The number of carbonyl (C=O) groups is 3. The highest BCUT2D eigenvalue weighted by Crippen LogP contribution is 2.35. The first-order valence-corrected chi connectivity index (χ1v) is 8.96. The van der Waals surface area contributed by atoms with Crippen LogP contribution in [0.4, 0.5) is 5.69 Å². The predicted octanol–water partition coefficient (Wildman–Crippen LogP) is 1.26. The lowest BCUT2D eigenvalue weighted by Crippen LogP contribution is -2.44. The Morgan fingerprint density at radius 3 is 2.71 bits per heavy atom. The fraction of sp³-hybridized carbons (Fsp3) is 0.250. The van der Waals surface area contributed by atoms with E-state index in [2.05, 4.69) is 10.6 Å². The first-order valence-electron chi connectivity index (χ1n) is 8.96. The van der Waals surface area contributed by atoms with E-state index in [0.717, 1.165) is 11.3 Å². The molecule has 0 saturated heterocycles. The van der Waals surface area contributed by atoms with Crippen LogP contribution in [0.25, 0.3) is 0 Å². The number of hydrogen-bond acceptors (Lipinski definition) is 5. The first kappa shape index (κ1) is 17.8. The summed E-state index contributed by atoms with van der Waals surface area (Å²) >= 11 is 0. The zero-order valence-electron chi connectivity index (χ0n) is 15.2.